The molecule has 0 saturated carbocycles. The summed E-state index contributed by atoms with van der Waals surface area (Å²) < 4.78 is 27.5. The van der Waals surface area contributed by atoms with Gasteiger partial charge in [0.15, 0.2) is 0 Å². The number of halogens is 2. The summed E-state index contributed by atoms with van der Waals surface area (Å²) >= 11 is 5.82. The standard InChI is InChI=1S/C28H28ClFN6O4/c29-19-3-1-18(22(30)10-19)16-40-27-12-31-11-25(34-27)32-20-5-7-35(13-20)15-26-33-23-4-2-17(28(37)38)9-24(23)36(26)14-21-6-8-39-21/h1-4,9-12,20-21H,5-8,13-16H2,(H,32,34)(H,37,38). The van der Waals surface area contributed by atoms with Crippen LogP contribution in [0.3, 0.4) is 0 Å². The molecule has 0 spiro atoms. The molecule has 2 aliphatic rings. The van der Waals surface area contributed by atoms with Gasteiger partial charge in [0, 0.05) is 36.3 Å². The number of nitrogens with zero attached hydrogens (tertiary/aromatic N) is 5. The van der Waals surface area contributed by atoms with Gasteiger partial charge in [0.2, 0.25) is 5.88 Å². The van der Waals surface area contributed by atoms with Crippen molar-refractivity contribution in [2.24, 2.45) is 0 Å². The highest BCUT2D eigenvalue weighted by Crippen LogP contribution is 2.25. The number of fused-ring (bicyclic) bond motifs is 1. The molecule has 2 aromatic heterocycles. The minimum absolute atomic E-state index is 0.0131. The van der Waals surface area contributed by atoms with Crippen LogP contribution in [0.15, 0.2) is 48.8 Å². The SMILES string of the molecule is O=C(O)c1ccc2nc(CN3CCC(Nc4cncc(OCc5ccc(Cl)cc5F)n4)C3)n(CC3CCO3)c2c1. The summed E-state index contributed by atoms with van der Waals surface area (Å²) in [4.78, 5) is 27.4. The predicted molar refractivity (Wildman–Crippen MR) is 146 cm³/mol. The number of carbonyl (C=O) groups is 1. The van der Waals surface area contributed by atoms with E-state index in [0.717, 1.165) is 49.4 Å². The van der Waals surface area contributed by atoms with Crippen LogP contribution in [-0.2, 0) is 24.4 Å². The molecule has 10 nitrogen and oxygen atoms in total. The Morgan fingerprint density at radius 2 is 2.08 bits per heavy atom. The van der Waals surface area contributed by atoms with Crippen LogP contribution in [0.25, 0.3) is 11.0 Å². The van der Waals surface area contributed by atoms with Gasteiger partial charge in [0.05, 0.1) is 48.2 Å². The number of aromatic carboxylic acids is 1. The molecule has 2 atom stereocenters. The molecule has 2 N–H and O–H groups in total. The average molecular weight is 567 g/mol. The third-order valence-electron chi connectivity index (χ3n) is 7.25. The number of ether oxygens (including phenoxy) is 2. The molecule has 12 heteroatoms. The Balaban J connectivity index is 1.10. The zero-order chi connectivity index (χ0) is 27.6. The lowest BCUT2D eigenvalue weighted by atomic mass is 10.1. The van der Waals surface area contributed by atoms with Gasteiger partial charge >= 0.3 is 5.97 Å². The molecule has 2 aromatic carbocycles. The number of rotatable bonds is 10. The van der Waals surface area contributed by atoms with E-state index in [0.29, 0.717) is 35.4 Å². The lowest BCUT2D eigenvalue weighted by molar-refractivity contribution is -0.0591. The smallest absolute Gasteiger partial charge is 0.335 e. The first kappa shape index (κ1) is 26.4. The molecule has 2 fully saturated rings. The number of likely N-dealkylation sites (tertiary alicyclic amines) is 1. The maximum Gasteiger partial charge on any atom is 0.335 e. The summed E-state index contributed by atoms with van der Waals surface area (Å²) in [5.41, 5.74) is 2.21. The normalized spacial score (nSPS) is 19.1. The van der Waals surface area contributed by atoms with Crippen molar-refractivity contribution in [3.63, 3.8) is 0 Å². The van der Waals surface area contributed by atoms with Crippen molar-refractivity contribution in [2.45, 2.75) is 44.7 Å². The Bertz CT molecular complexity index is 1540. The van der Waals surface area contributed by atoms with Gasteiger partial charge < -0.3 is 24.5 Å². The van der Waals surface area contributed by atoms with Crippen molar-refractivity contribution >= 4 is 34.4 Å². The lowest BCUT2D eigenvalue weighted by Gasteiger charge is -2.28. The number of imidazole rings is 1. The number of anilines is 1. The summed E-state index contributed by atoms with van der Waals surface area (Å²) in [5.74, 6) is 0.368. The molecular weight excluding hydrogens is 539 g/mol. The third-order valence-corrected chi connectivity index (χ3v) is 7.48. The zero-order valence-electron chi connectivity index (χ0n) is 21.6. The zero-order valence-corrected chi connectivity index (χ0v) is 22.4. The fourth-order valence-electron chi connectivity index (χ4n) is 5.04. The second-order valence-corrected chi connectivity index (χ2v) is 10.5. The van der Waals surface area contributed by atoms with Crippen LogP contribution in [0.4, 0.5) is 10.2 Å². The Kier molecular flexibility index (Phi) is 7.50. The molecule has 2 saturated heterocycles. The summed E-state index contributed by atoms with van der Waals surface area (Å²) in [6.45, 7) is 3.67. The van der Waals surface area contributed by atoms with E-state index in [4.69, 9.17) is 26.1 Å². The van der Waals surface area contributed by atoms with Gasteiger partial charge in [-0.1, -0.05) is 17.7 Å². The first-order chi connectivity index (χ1) is 19.4. The molecule has 208 valence electrons. The summed E-state index contributed by atoms with van der Waals surface area (Å²) in [6, 6.07) is 9.64. The lowest BCUT2D eigenvalue weighted by Crippen LogP contribution is -2.33. The Labute approximate surface area is 234 Å². The number of hydrogen-bond donors (Lipinski definition) is 2. The second-order valence-electron chi connectivity index (χ2n) is 10.1. The van der Waals surface area contributed by atoms with Crippen LogP contribution >= 0.6 is 11.6 Å². The van der Waals surface area contributed by atoms with Crippen molar-refractivity contribution in [1.82, 2.24) is 24.4 Å². The number of carboxylic acid groups (broad SMARTS) is 1. The average Bonchev–Trinajstić information content (AvgIpc) is 3.49. The van der Waals surface area contributed by atoms with Gasteiger partial charge in [0.1, 0.15) is 24.1 Å². The molecule has 4 aromatic rings. The van der Waals surface area contributed by atoms with Crippen LogP contribution in [0.2, 0.25) is 5.02 Å². The highest BCUT2D eigenvalue weighted by molar-refractivity contribution is 6.30. The van der Waals surface area contributed by atoms with E-state index in [2.05, 4.69) is 24.8 Å². The third kappa shape index (κ3) is 5.86. The number of aromatic nitrogens is 4. The molecule has 2 aliphatic heterocycles. The van der Waals surface area contributed by atoms with E-state index >= 15 is 0 Å². The van der Waals surface area contributed by atoms with E-state index in [1.807, 2.05) is 0 Å². The van der Waals surface area contributed by atoms with Crippen LogP contribution in [0.5, 0.6) is 5.88 Å². The Morgan fingerprint density at radius 3 is 2.85 bits per heavy atom. The first-order valence-corrected chi connectivity index (χ1v) is 13.5. The van der Waals surface area contributed by atoms with Gasteiger partial charge in [-0.05, 0) is 43.2 Å². The molecule has 4 heterocycles. The van der Waals surface area contributed by atoms with E-state index in [1.165, 1.54) is 12.3 Å². The van der Waals surface area contributed by atoms with Gasteiger partial charge in [-0.15, -0.1) is 0 Å². The number of carboxylic acids is 1. The van der Waals surface area contributed by atoms with Crippen molar-refractivity contribution in [3.8, 4) is 5.88 Å². The van der Waals surface area contributed by atoms with Crippen molar-refractivity contribution in [3.05, 3.63) is 76.6 Å². The van der Waals surface area contributed by atoms with E-state index < -0.39 is 11.8 Å². The van der Waals surface area contributed by atoms with E-state index in [9.17, 15) is 14.3 Å². The van der Waals surface area contributed by atoms with Crippen LogP contribution in [0.1, 0.15) is 34.6 Å². The Morgan fingerprint density at radius 1 is 1.20 bits per heavy atom. The molecule has 0 amide bonds. The van der Waals surface area contributed by atoms with Crippen LogP contribution in [0, 0.1) is 5.82 Å². The summed E-state index contributed by atoms with van der Waals surface area (Å²) in [6.07, 6.45) is 5.12. The van der Waals surface area contributed by atoms with Gasteiger partial charge in [-0.2, -0.15) is 4.98 Å². The molecule has 0 aliphatic carbocycles. The maximum atomic E-state index is 14.1. The number of hydrogen-bond acceptors (Lipinski definition) is 8. The van der Waals surface area contributed by atoms with Crippen molar-refractivity contribution in [2.75, 3.05) is 25.0 Å². The minimum atomic E-state index is -0.959. The van der Waals surface area contributed by atoms with Gasteiger partial charge in [-0.25, -0.2) is 14.2 Å². The molecule has 6 rings (SSSR count). The Hall–Kier alpha value is -3.80. The van der Waals surface area contributed by atoms with E-state index in [1.54, 1.807) is 36.5 Å². The van der Waals surface area contributed by atoms with Gasteiger partial charge in [0.25, 0.3) is 0 Å². The van der Waals surface area contributed by atoms with Crippen LogP contribution < -0.4 is 10.1 Å². The first-order valence-electron chi connectivity index (χ1n) is 13.1. The molecule has 0 bridgehead atoms. The number of benzene rings is 2. The molecule has 0 radical (unpaired) electrons. The monoisotopic (exact) mass is 566 g/mol. The fourth-order valence-corrected chi connectivity index (χ4v) is 5.20. The largest absolute Gasteiger partial charge is 0.478 e. The quantitative estimate of drug-likeness (QED) is 0.289. The van der Waals surface area contributed by atoms with E-state index in [-0.39, 0.29) is 24.3 Å². The van der Waals surface area contributed by atoms with Crippen molar-refractivity contribution < 1.29 is 23.8 Å². The minimum Gasteiger partial charge on any atom is -0.478 e. The molecule has 2 unspecified atom stereocenters. The maximum absolute atomic E-state index is 14.1. The fraction of sp³-hybridized carbons (Fsp3) is 0.357. The molecule has 40 heavy (non-hydrogen) atoms. The second kappa shape index (κ2) is 11.4. The highest BCUT2D eigenvalue weighted by Gasteiger charge is 2.27. The van der Waals surface area contributed by atoms with Crippen molar-refractivity contribution in [1.29, 1.82) is 0 Å². The summed E-state index contributed by atoms with van der Waals surface area (Å²) in [5, 5.41) is 13.2. The molecular formula is C28H28ClFN6O4. The number of nitrogens with one attached hydrogen (secondary N) is 1. The highest BCUT2D eigenvalue weighted by atomic mass is 35.5. The van der Waals surface area contributed by atoms with Crippen LogP contribution in [-0.4, -0.2) is 67.3 Å². The topological polar surface area (TPSA) is 115 Å². The summed E-state index contributed by atoms with van der Waals surface area (Å²) in [7, 11) is 0. The predicted octanol–water partition coefficient (Wildman–Crippen LogP) is 4.37. The van der Waals surface area contributed by atoms with Gasteiger partial charge in [-0.3, -0.25) is 9.88 Å².